The Hall–Kier alpha value is -0.730. The summed E-state index contributed by atoms with van der Waals surface area (Å²) in [4.78, 5) is 10.5. The van der Waals surface area contributed by atoms with Crippen molar-refractivity contribution in [1.29, 1.82) is 0 Å². The molecule has 1 saturated heterocycles. The molecule has 0 aromatic heterocycles. The highest BCUT2D eigenvalue weighted by molar-refractivity contribution is 5.73. The molecule has 1 aliphatic rings. The van der Waals surface area contributed by atoms with Crippen LogP contribution < -0.4 is 0 Å². The molecule has 0 bridgehead atoms. The Bertz CT molecular complexity index is 216. The van der Waals surface area contributed by atoms with Crippen molar-refractivity contribution in [3.8, 4) is 0 Å². The quantitative estimate of drug-likeness (QED) is 0.397. The maximum atomic E-state index is 10.5. The number of carbonyl (C=O) groups is 1. The summed E-state index contributed by atoms with van der Waals surface area (Å²) in [5.74, 6) is -1.43. The van der Waals surface area contributed by atoms with Gasteiger partial charge >= 0.3 is 5.97 Å². The molecular formula is C7H12O7. The number of aliphatic carboxylic acids is 1. The number of aliphatic hydroxyl groups is 3. The van der Waals surface area contributed by atoms with E-state index >= 15 is 0 Å². The monoisotopic (exact) mass is 208 g/mol. The van der Waals surface area contributed by atoms with Gasteiger partial charge in [0.2, 0.25) is 0 Å². The molecule has 0 radical (unpaired) electrons. The second-order valence-corrected chi connectivity index (χ2v) is 2.97. The number of carboxylic acid groups (broad SMARTS) is 1. The molecule has 0 aliphatic carbocycles. The highest BCUT2D eigenvalue weighted by Crippen LogP contribution is 2.21. The summed E-state index contributed by atoms with van der Waals surface area (Å²) in [7, 11) is 1.19. The van der Waals surface area contributed by atoms with E-state index in [0.29, 0.717) is 0 Å². The summed E-state index contributed by atoms with van der Waals surface area (Å²) in [6.07, 6.45) is -7.60. The second-order valence-electron chi connectivity index (χ2n) is 2.97. The van der Waals surface area contributed by atoms with E-state index in [0.717, 1.165) is 0 Å². The lowest BCUT2D eigenvalue weighted by Crippen LogP contribution is -2.60. The standard InChI is InChI=1S/C7H12O7/c1-13-7-4(10)2(8)3(9)5(14-7)6(11)12/h2-5,7-10H,1H3,(H,11,12)/t2-,3-,4+,5-,7+/m0/s1. The van der Waals surface area contributed by atoms with Gasteiger partial charge in [0.05, 0.1) is 0 Å². The van der Waals surface area contributed by atoms with Crippen LogP contribution in [-0.2, 0) is 14.3 Å². The molecular weight excluding hydrogens is 196 g/mol. The van der Waals surface area contributed by atoms with Crippen molar-refractivity contribution >= 4 is 5.97 Å². The topological polar surface area (TPSA) is 116 Å². The van der Waals surface area contributed by atoms with Gasteiger partial charge in [0.15, 0.2) is 12.4 Å². The summed E-state index contributed by atoms with van der Waals surface area (Å²) < 4.78 is 9.31. The third kappa shape index (κ3) is 1.86. The van der Waals surface area contributed by atoms with E-state index in [4.69, 9.17) is 9.84 Å². The molecule has 1 aliphatic heterocycles. The lowest BCUT2D eigenvalue weighted by atomic mass is 9.99. The van der Waals surface area contributed by atoms with Gasteiger partial charge in [-0.05, 0) is 0 Å². The molecule has 0 spiro atoms. The fourth-order valence-corrected chi connectivity index (χ4v) is 1.25. The minimum Gasteiger partial charge on any atom is -0.479 e. The molecule has 0 aromatic rings. The fourth-order valence-electron chi connectivity index (χ4n) is 1.25. The van der Waals surface area contributed by atoms with Crippen molar-refractivity contribution in [2.75, 3.05) is 7.11 Å². The van der Waals surface area contributed by atoms with Gasteiger partial charge in [0.25, 0.3) is 0 Å². The molecule has 0 saturated carbocycles. The second kappa shape index (κ2) is 4.20. The van der Waals surface area contributed by atoms with Gasteiger partial charge in [-0.1, -0.05) is 0 Å². The van der Waals surface area contributed by atoms with Crippen LogP contribution in [-0.4, -0.2) is 64.2 Å². The summed E-state index contributed by atoms with van der Waals surface area (Å²) in [5.41, 5.74) is 0. The number of rotatable bonds is 2. The average molecular weight is 208 g/mol. The summed E-state index contributed by atoms with van der Waals surface area (Å²) in [6.45, 7) is 0. The van der Waals surface area contributed by atoms with Crippen LogP contribution in [0.15, 0.2) is 0 Å². The largest absolute Gasteiger partial charge is 0.479 e. The number of carboxylic acids is 1. The van der Waals surface area contributed by atoms with Gasteiger partial charge in [0.1, 0.15) is 18.3 Å². The van der Waals surface area contributed by atoms with Crippen molar-refractivity contribution in [2.24, 2.45) is 0 Å². The van der Waals surface area contributed by atoms with E-state index in [1.165, 1.54) is 7.11 Å². The fraction of sp³-hybridized carbons (Fsp3) is 0.857. The first kappa shape index (κ1) is 11.3. The summed E-state index contributed by atoms with van der Waals surface area (Å²) in [6, 6.07) is 0. The van der Waals surface area contributed by atoms with Gasteiger partial charge in [-0.3, -0.25) is 0 Å². The van der Waals surface area contributed by atoms with Crippen LogP contribution in [0.2, 0.25) is 0 Å². The average Bonchev–Trinajstić information content (AvgIpc) is 2.14. The van der Waals surface area contributed by atoms with Crippen LogP contribution in [0, 0.1) is 0 Å². The van der Waals surface area contributed by atoms with Crippen molar-refractivity contribution < 1.29 is 34.7 Å². The number of aliphatic hydroxyl groups excluding tert-OH is 3. The molecule has 82 valence electrons. The molecule has 0 aromatic carbocycles. The van der Waals surface area contributed by atoms with Crippen LogP contribution in [0.3, 0.4) is 0 Å². The molecule has 7 nitrogen and oxygen atoms in total. The van der Waals surface area contributed by atoms with Crippen molar-refractivity contribution in [3.05, 3.63) is 0 Å². The third-order valence-corrected chi connectivity index (χ3v) is 2.05. The Labute approximate surface area is 79.5 Å². The Morgan fingerprint density at radius 1 is 1.21 bits per heavy atom. The van der Waals surface area contributed by atoms with E-state index in [9.17, 15) is 20.1 Å². The van der Waals surface area contributed by atoms with E-state index < -0.39 is 36.7 Å². The maximum absolute atomic E-state index is 10.5. The first-order valence-electron chi connectivity index (χ1n) is 3.94. The first-order valence-corrected chi connectivity index (χ1v) is 3.94. The molecule has 1 heterocycles. The van der Waals surface area contributed by atoms with Crippen LogP contribution >= 0.6 is 0 Å². The van der Waals surface area contributed by atoms with E-state index in [1.54, 1.807) is 0 Å². The minimum absolute atomic E-state index is 1.19. The lowest BCUT2D eigenvalue weighted by Gasteiger charge is -2.37. The minimum atomic E-state index is -1.67. The van der Waals surface area contributed by atoms with E-state index in [-0.39, 0.29) is 0 Å². The van der Waals surface area contributed by atoms with Crippen molar-refractivity contribution in [1.82, 2.24) is 0 Å². The third-order valence-electron chi connectivity index (χ3n) is 2.05. The van der Waals surface area contributed by atoms with Crippen molar-refractivity contribution in [2.45, 2.75) is 30.7 Å². The molecule has 1 fully saturated rings. The van der Waals surface area contributed by atoms with E-state index in [2.05, 4.69) is 4.74 Å². The highest BCUT2D eigenvalue weighted by atomic mass is 16.7. The van der Waals surface area contributed by atoms with E-state index in [1.807, 2.05) is 0 Å². The zero-order chi connectivity index (χ0) is 10.9. The van der Waals surface area contributed by atoms with Gasteiger partial charge in [-0.2, -0.15) is 0 Å². The van der Waals surface area contributed by atoms with Gasteiger partial charge < -0.3 is 29.9 Å². The molecule has 14 heavy (non-hydrogen) atoms. The summed E-state index contributed by atoms with van der Waals surface area (Å²) >= 11 is 0. The Morgan fingerprint density at radius 2 is 1.79 bits per heavy atom. The van der Waals surface area contributed by atoms with Crippen LogP contribution in [0.5, 0.6) is 0 Å². The van der Waals surface area contributed by atoms with Gasteiger partial charge in [-0.15, -0.1) is 0 Å². The lowest BCUT2D eigenvalue weighted by molar-refractivity contribution is -0.287. The first-order chi connectivity index (χ1) is 6.49. The zero-order valence-corrected chi connectivity index (χ0v) is 7.40. The molecule has 0 amide bonds. The molecule has 5 atom stereocenters. The molecule has 7 heteroatoms. The molecule has 4 N–H and O–H groups in total. The maximum Gasteiger partial charge on any atom is 0.335 e. The Kier molecular flexibility index (Phi) is 3.40. The van der Waals surface area contributed by atoms with Crippen LogP contribution in [0.1, 0.15) is 0 Å². The Balaban J connectivity index is 2.78. The number of methoxy groups -OCH3 is 1. The van der Waals surface area contributed by atoms with Gasteiger partial charge in [-0.25, -0.2) is 4.79 Å². The highest BCUT2D eigenvalue weighted by Gasteiger charge is 2.46. The normalized spacial score (nSPS) is 43.6. The number of hydrogen-bond donors (Lipinski definition) is 4. The predicted molar refractivity (Wildman–Crippen MR) is 41.3 cm³/mol. The van der Waals surface area contributed by atoms with Crippen LogP contribution in [0.4, 0.5) is 0 Å². The zero-order valence-electron chi connectivity index (χ0n) is 7.40. The van der Waals surface area contributed by atoms with Gasteiger partial charge in [0, 0.05) is 7.11 Å². The Morgan fingerprint density at radius 3 is 2.21 bits per heavy atom. The molecule has 1 rings (SSSR count). The SMILES string of the molecule is CO[C@@H]1O[C@H](C(=O)O)[C@@H](O)[C@H](O)[C@H]1O. The van der Waals surface area contributed by atoms with Crippen molar-refractivity contribution in [3.63, 3.8) is 0 Å². The number of ether oxygens (including phenoxy) is 2. The smallest absolute Gasteiger partial charge is 0.335 e. The number of hydrogen-bond acceptors (Lipinski definition) is 6. The molecule has 0 unspecified atom stereocenters. The summed E-state index contributed by atoms with van der Waals surface area (Å²) in [5, 5.41) is 36.3. The predicted octanol–water partition coefficient (Wildman–Crippen LogP) is -2.47. The van der Waals surface area contributed by atoms with Crippen LogP contribution in [0.25, 0.3) is 0 Å².